The van der Waals surface area contributed by atoms with Gasteiger partial charge in [0.15, 0.2) is 0 Å². The van der Waals surface area contributed by atoms with Crippen molar-refractivity contribution in [2.75, 3.05) is 0 Å². The summed E-state index contributed by atoms with van der Waals surface area (Å²) in [5.41, 5.74) is 12.2. The van der Waals surface area contributed by atoms with Gasteiger partial charge in [-0.25, -0.2) is 0 Å². The SMILES string of the molecule is Oc1ccc2ccc3oc4ccc(-c5cccc(-c6c7ccccc7c(C7=CC=C8C=CC=CC8C7)c7ccccc67)c5)cc4c3c2c1-c1ccccc1. The van der Waals surface area contributed by atoms with Crippen molar-refractivity contribution in [3.63, 3.8) is 0 Å². The molecule has 0 fully saturated rings. The normalized spacial score (nSPS) is 15.3. The molecule has 1 heterocycles. The van der Waals surface area contributed by atoms with E-state index in [0.29, 0.717) is 5.92 Å². The topological polar surface area (TPSA) is 33.4 Å². The minimum Gasteiger partial charge on any atom is -0.507 e. The number of hydrogen-bond donors (Lipinski definition) is 1. The first-order valence-electron chi connectivity index (χ1n) is 18.7. The highest BCUT2D eigenvalue weighted by Gasteiger charge is 2.23. The van der Waals surface area contributed by atoms with Crippen LogP contribution in [-0.4, -0.2) is 5.11 Å². The fraction of sp³-hybridized carbons (Fsp3) is 0.0385. The van der Waals surface area contributed by atoms with Crippen LogP contribution in [0.2, 0.25) is 0 Å². The maximum absolute atomic E-state index is 11.2. The summed E-state index contributed by atoms with van der Waals surface area (Å²) in [5, 5.41) is 20.4. The molecule has 0 saturated heterocycles. The summed E-state index contributed by atoms with van der Waals surface area (Å²) in [6.07, 6.45) is 14.5. The number of phenols is 1. The molecule has 0 saturated carbocycles. The lowest BCUT2D eigenvalue weighted by molar-refractivity contribution is 0.478. The molecular formula is C52H34O2. The smallest absolute Gasteiger partial charge is 0.136 e. The number of aromatic hydroxyl groups is 1. The second-order valence-electron chi connectivity index (χ2n) is 14.5. The number of allylic oxidation sites excluding steroid dienone is 8. The van der Waals surface area contributed by atoms with Crippen LogP contribution in [0.15, 0.2) is 192 Å². The zero-order chi connectivity index (χ0) is 35.8. The van der Waals surface area contributed by atoms with Crippen LogP contribution >= 0.6 is 0 Å². The van der Waals surface area contributed by atoms with Crippen LogP contribution in [0.3, 0.4) is 0 Å². The Hall–Kier alpha value is -6.90. The standard InChI is InChI=1S/C52H34O2/c53-45-26-23-34-24-28-47-52(51(34)50(45)33-12-2-1-3-13-33)44-31-37(25-27-46(44)54-47)36-15-10-16-38(30-36)48-40-17-6-8-19-42(40)49(43-20-9-7-18-41(43)48)39-22-21-32-11-4-5-14-35(32)29-39/h1-28,30-31,35,53H,29H2. The predicted molar refractivity (Wildman–Crippen MR) is 227 cm³/mol. The van der Waals surface area contributed by atoms with Crippen LogP contribution in [0.25, 0.3) is 93.2 Å². The van der Waals surface area contributed by atoms with Crippen LogP contribution < -0.4 is 0 Å². The maximum Gasteiger partial charge on any atom is 0.136 e. The number of rotatable bonds is 4. The van der Waals surface area contributed by atoms with E-state index in [-0.39, 0.29) is 5.75 Å². The summed E-state index contributed by atoms with van der Waals surface area (Å²) in [6, 6.07) is 51.4. The molecule has 11 rings (SSSR count). The highest BCUT2D eigenvalue weighted by Crippen LogP contribution is 2.47. The quantitative estimate of drug-likeness (QED) is 0.187. The summed E-state index contributed by atoms with van der Waals surface area (Å²) < 4.78 is 6.47. The molecule has 2 aliphatic rings. The monoisotopic (exact) mass is 690 g/mol. The second kappa shape index (κ2) is 12.1. The zero-order valence-corrected chi connectivity index (χ0v) is 29.5. The van der Waals surface area contributed by atoms with E-state index in [1.165, 1.54) is 49.4 Å². The van der Waals surface area contributed by atoms with Gasteiger partial charge in [-0.15, -0.1) is 0 Å². The molecule has 254 valence electrons. The van der Waals surface area contributed by atoms with E-state index in [1.54, 1.807) is 6.07 Å². The van der Waals surface area contributed by atoms with Crippen LogP contribution in [0, 0.1) is 5.92 Å². The third-order valence-corrected chi connectivity index (χ3v) is 11.5. The van der Waals surface area contributed by atoms with Crippen molar-refractivity contribution < 1.29 is 9.52 Å². The van der Waals surface area contributed by atoms with Crippen molar-refractivity contribution in [2.45, 2.75) is 6.42 Å². The average Bonchev–Trinajstić information content (AvgIpc) is 3.61. The summed E-state index contributed by atoms with van der Waals surface area (Å²) in [7, 11) is 0. The van der Waals surface area contributed by atoms with Gasteiger partial charge in [-0.1, -0.05) is 152 Å². The van der Waals surface area contributed by atoms with Gasteiger partial charge in [-0.3, -0.25) is 0 Å². The molecule has 0 aliphatic heterocycles. The van der Waals surface area contributed by atoms with Gasteiger partial charge in [0, 0.05) is 27.6 Å². The number of phenolic OH excluding ortho intramolecular Hbond substituents is 1. The van der Waals surface area contributed by atoms with Crippen molar-refractivity contribution in [1.82, 2.24) is 0 Å². The summed E-state index contributed by atoms with van der Waals surface area (Å²) in [5.74, 6) is 0.663. The zero-order valence-electron chi connectivity index (χ0n) is 29.5. The third kappa shape index (κ3) is 4.74. The van der Waals surface area contributed by atoms with Gasteiger partial charge in [0.05, 0.1) is 0 Å². The van der Waals surface area contributed by atoms with Crippen molar-refractivity contribution >= 4 is 59.8 Å². The number of benzene rings is 8. The molecule has 2 heteroatoms. The Morgan fingerprint density at radius 3 is 1.94 bits per heavy atom. The van der Waals surface area contributed by atoms with Crippen LogP contribution in [0.1, 0.15) is 12.0 Å². The highest BCUT2D eigenvalue weighted by molar-refractivity contribution is 6.24. The van der Waals surface area contributed by atoms with Gasteiger partial charge in [-0.2, -0.15) is 0 Å². The van der Waals surface area contributed by atoms with E-state index < -0.39 is 0 Å². The molecule has 0 spiro atoms. The average molecular weight is 691 g/mol. The Labute approximate surface area is 312 Å². The van der Waals surface area contributed by atoms with Crippen LogP contribution in [0.4, 0.5) is 0 Å². The van der Waals surface area contributed by atoms with Gasteiger partial charge in [-0.05, 0) is 108 Å². The Balaban J connectivity index is 1.11. The fourth-order valence-electron chi connectivity index (χ4n) is 9.04. The van der Waals surface area contributed by atoms with E-state index in [0.717, 1.165) is 61.4 Å². The number of fused-ring (bicyclic) bond motifs is 8. The van der Waals surface area contributed by atoms with Gasteiger partial charge in [0.1, 0.15) is 16.9 Å². The maximum atomic E-state index is 11.2. The molecule has 2 aliphatic carbocycles. The highest BCUT2D eigenvalue weighted by atomic mass is 16.3. The molecule has 0 radical (unpaired) electrons. The van der Waals surface area contributed by atoms with Crippen LogP contribution in [-0.2, 0) is 0 Å². The molecule has 1 atom stereocenters. The van der Waals surface area contributed by atoms with E-state index in [2.05, 4.69) is 146 Å². The minimum atomic E-state index is 0.258. The summed E-state index contributed by atoms with van der Waals surface area (Å²) in [4.78, 5) is 0. The summed E-state index contributed by atoms with van der Waals surface area (Å²) >= 11 is 0. The predicted octanol–water partition coefficient (Wildman–Crippen LogP) is 14.2. The first-order valence-corrected chi connectivity index (χ1v) is 18.7. The first kappa shape index (κ1) is 30.7. The molecule has 1 unspecified atom stereocenters. The van der Waals surface area contributed by atoms with Gasteiger partial charge >= 0.3 is 0 Å². The Morgan fingerprint density at radius 2 is 1.15 bits per heavy atom. The lowest BCUT2D eigenvalue weighted by Gasteiger charge is -2.25. The van der Waals surface area contributed by atoms with Crippen molar-refractivity contribution in [3.8, 4) is 39.1 Å². The molecule has 8 aromatic carbocycles. The molecule has 2 nitrogen and oxygen atoms in total. The molecule has 0 amide bonds. The molecule has 9 aromatic rings. The third-order valence-electron chi connectivity index (χ3n) is 11.5. The minimum absolute atomic E-state index is 0.258. The summed E-state index contributed by atoms with van der Waals surface area (Å²) in [6.45, 7) is 0. The molecular weight excluding hydrogens is 657 g/mol. The molecule has 54 heavy (non-hydrogen) atoms. The molecule has 0 bridgehead atoms. The first-order chi connectivity index (χ1) is 26.7. The van der Waals surface area contributed by atoms with E-state index >= 15 is 0 Å². The van der Waals surface area contributed by atoms with Gasteiger partial charge < -0.3 is 9.52 Å². The Morgan fingerprint density at radius 1 is 0.481 bits per heavy atom. The van der Waals surface area contributed by atoms with Crippen molar-refractivity contribution in [1.29, 1.82) is 0 Å². The Bertz CT molecular complexity index is 3080. The fourth-order valence-corrected chi connectivity index (χ4v) is 9.04. The number of hydrogen-bond acceptors (Lipinski definition) is 2. The Kier molecular flexibility index (Phi) is 6.87. The second-order valence-corrected chi connectivity index (χ2v) is 14.5. The lowest BCUT2D eigenvalue weighted by Crippen LogP contribution is -2.07. The van der Waals surface area contributed by atoms with Crippen LogP contribution in [0.5, 0.6) is 5.75 Å². The van der Waals surface area contributed by atoms with E-state index in [1.807, 2.05) is 30.3 Å². The molecule has 1 aromatic heterocycles. The van der Waals surface area contributed by atoms with Crippen molar-refractivity contribution in [2.24, 2.45) is 5.92 Å². The number of furan rings is 1. The van der Waals surface area contributed by atoms with E-state index in [4.69, 9.17) is 4.42 Å². The van der Waals surface area contributed by atoms with Gasteiger partial charge in [0.2, 0.25) is 0 Å². The largest absolute Gasteiger partial charge is 0.507 e. The lowest BCUT2D eigenvalue weighted by atomic mass is 9.78. The molecule has 1 N–H and O–H groups in total. The van der Waals surface area contributed by atoms with Crippen molar-refractivity contribution in [3.05, 3.63) is 193 Å². The van der Waals surface area contributed by atoms with E-state index in [9.17, 15) is 5.11 Å². The van der Waals surface area contributed by atoms with Gasteiger partial charge in [0.25, 0.3) is 0 Å².